The Morgan fingerprint density at radius 1 is 1.28 bits per heavy atom. The zero-order valence-electron chi connectivity index (χ0n) is 11.1. The Kier molecular flexibility index (Phi) is 4.79. The van der Waals surface area contributed by atoms with Crippen LogP contribution in [0.2, 0.25) is 0 Å². The van der Waals surface area contributed by atoms with E-state index in [0.717, 1.165) is 44.0 Å². The van der Waals surface area contributed by atoms with Gasteiger partial charge in [-0.2, -0.15) is 0 Å². The number of rotatable bonds is 5. The largest absolute Gasteiger partial charge is 0.492 e. The van der Waals surface area contributed by atoms with Gasteiger partial charge in [0, 0.05) is 26.2 Å². The van der Waals surface area contributed by atoms with Gasteiger partial charge < -0.3 is 10.5 Å². The molecule has 2 N–H and O–H groups in total. The van der Waals surface area contributed by atoms with Crippen LogP contribution in [0.5, 0.6) is 5.75 Å². The molecule has 0 fully saturated rings. The second-order valence-corrected chi connectivity index (χ2v) is 4.81. The molecule has 98 valence electrons. The highest BCUT2D eigenvalue weighted by atomic mass is 16.5. The number of hydrogen-bond acceptors (Lipinski definition) is 3. The fourth-order valence-corrected chi connectivity index (χ4v) is 2.20. The van der Waals surface area contributed by atoms with E-state index in [1.807, 2.05) is 24.3 Å². The van der Waals surface area contributed by atoms with Crippen LogP contribution in [0.3, 0.4) is 0 Å². The van der Waals surface area contributed by atoms with Crippen LogP contribution in [0, 0.1) is 0 Å². The smallest absolute Gasteiger partial charge is 0.119 e. The zero-order valence-corrected chi connectivity index (χ0v) is 11.1. The highest BCUT2D eigenvalue weighted by Gasteiger charge is 2.09. The predicted molar refractivity (Wildman–Crippen MR) is 74.6 cm³/mol. The second kappa shape index (κ2) is 6.57. The predicted octanol–water partition coefficient (Wildman–Crippen LogP) is 2.18. The summed E-state index contributed by atoms with van der Waals surface area (Å²) in [6.07, 6.45) is 3.49. The van der Waals surface area contributed by atoms with Crippen LogP contribution in [0.4, 0.5) is 0 Å². The molecule has 0 saturated heterocycles. The molecule has 1 heterocycles. The van der Waals surface area contributed by atoms with Gasteiger partial charge in [0.25, 0.3) is 0 Å². The molecule has 0 radical (unpaired) electrons. The summed E-state index contributed by atoms with van der Waals surface area (Å²) in [6, 6.07) is 8.01. The van der Waals surface area contributed by atoms with Crippen LogP contribution in [0.25, 0.3) is 0 Å². The van der Waals surface area contributed by atoms with Gasteiger partial charge in [0.1, 0.15) is 12.4 Å². The highest BCUT2D eigenvalue weighted by molar-refractivity contribution is 5.27. The van der Waals surface area contributed by atoms with Crippen LogP contribution in [-0.4, -0.2) is 31.1 Å². The molecule has 0 aliphatic carbocycles. The van der Waals surface area contributed by atoms with Gasteiger partial charge in [0.2, 0.25) is 0 Å². The minimum absolute atomic E-state index is 0.583. The van der Waals surface area contributed by atoms with E-state index < -0.39 is 0 Å². The van der Waals surface area contributed by atoms with Gasteiger partial charge in [-0.15, -0.1) is 0 Å². The van der Waals surface area contributed by atoms with E-state index in [9.17, 15) is 0 Å². The third-order valence-electron chi connectivity index (χ3n) is 3.25. The summed E-state index contributed by atoms with van der Waals surface area (Å²) >= 11 is 0. The summed E-state index contributed by atoms with van der Waals surface area (Å²) in [7, 11) is 0. The topological polar surface area (TPSA) is 38.5 Å². The monoisotopic (exact) mass is 246 g/mol. The lowest BCUT2D eigenvalue weighted by Crippen LogP contribution is -2.33. The van der Waals surface area contributed by atoms with Crippen LogP contribution in [0.15, 0.2) is 35.9 Å². The standard InChI is InChI=1S/C15H22N2O/c1-13-3-2-8-17(12-13)9-10-18-15-6-4-14(11-16)5-7-15/h3-7H,2,8-12,16H2,1H3. The molecule has 1 aromatic carbocycles. The number of benzene rings is 1. The summed E-state index contributed by atoms with van der Waals surface area (Å²) in [5.41, 5.74) is 8.16. The molecule has 0 aromatic heterocycles. The molecule has 1 aliphatic heterocycles. The maximum Gasteiger partial charge on any atom is 0.119 e. The van der Waals surface area contributed by atoms with E-state index in [0.29, 0.717) is 6.54 Å². The number of ether oxygens (including phenoxy) is 1. The van der Waals surface area contributed by atoms with Gasteiger partial charge in [-0.25, -0.2) is 0 Å². The van der Waals surface area contributed by atoms with Crippen molar-refractivity contribution in [1.29, 1.82) is 0 Å². The Balaban J connectivity index is 1.73. The van der Waals surface area contributed by atoms with Crippen molar-refractivity contribution in [2.24, 2.45) is 5.73 Å². The van der Waals surface area contributed by atoms with E-state index >= 15 is 0 Å². The number of nitrogens with zero attached hydrogens (tertiary/aromatic N) is 1. The van der Waals surface area contributed by atoms with Crippen molar-refractivity contribution in [3.8, 4) is 5.75 Å². The average Bonchev–Trinajstić information content (AvgIpc) is 2.40. The van der Waals surface area contributed by atoms with Gasteiger partial charge in [-0.05, 0) is 31.0 Å². The molecule has 0 bridgehead atoms. The van der Waals surface area contributed by atoms with Gasteiger partial charge in [0.05, 0.1) is 0 Å². The van der Waals surface area contributed by atoms with Crippen molar-refractivity contribution >= 4 is 0 Å². The fourth-order valence-electron chi connectivity index (χ4n) is 2.20. The van der Waals surface area contributed by atoms with E-state index in [1.165, 1.54) is 5.57 Å². The number of hydrogen-bond donors (Lipinski definition) is 1. The van der Waals surface area contributed by atoms with E-state index in [2.05, 4.69) is 17.9 Å². The van der Waals surface area contributed by atoms with Crippen LogP contribution in [0.1, 0.15) is 18.9 Å². The molecule has 0 unspecified atom stereocenters. The summed E-state index contributed by atoms with van der Waals surface area (Å²) in [5.74, 6) is 0.927. The molecule has 0 atom stereocenters. The van der Waals surface area contributed by atoms with Crippen molar-refractivity contribution in [3.05, 3.63) is 41.5 Å². The molecular weight excluding hydrogens is 224 g/mol. The van der Waals surface area contributed by atoms with E-state index in [1.54, 1.807) is 0 Å². The van der Waals surface area contributed by atoms with Gasteiger partial charge >= 0.3 is 0 Å². The lowest BCUT2D eigenvalue weighted by molar-refractivity contribution is 0.217. The Labute approximate surface area is 109 Å². The Hall–Kier alpha value is -1.32. The Bertz CT molecular complexity index is 397. The van der Waals surface area contributed by atoms with Gasteiger partial charge in [-0.1, -0.05) is 23.8 Å². The van der Waals surface area contributed by atoms with E-state index in [-0.39, 0.29) is 0 Å². The number of nitrogens with two attached hydrogens (primary N) is 1. The normalized spacial score (nSPS) is 16.4. The molecule has 0 amide bonds. The van der Waals surface area contributed by atoms with Crippen molar-refractivity contribution < 1.29 is 4.74 Å². The lowest BCUT2D eigenvalue weighted by atomic mass is 10.1. The van der Waals surface area contributed by atoms with E-state index in [4.69, 9.17) is 10.5 Å². The van der Waals surface area contributed by atoms with Crippen molar-refractivity contribution in [3.63, 3.8) is 0 Å². The van der Waals surface area contributed by atoms with Crippen LogP contribution in [-0.2, 0) is 6.54 Å². The summed E-state index contributed by atoms with van der Waals surface area (Å²) in [5, 5.41) is 0. The molecule has 18 heavy (non-hydrogen) atoms. The first kappa shape index (κ1) is 13.1. The van der Waals surface area contributed by atoms with Crippen LogP contribution < -0.4 is 10.5 Å². The quantitative estimate of drug-likeness (QED) is 0.809. The maximum absolute atomic E-state index is 5.74. The molecular formula is C15H22N2O. The fraction of sp³-hybridized carbons (Fsp3) is 0.467. The van der Waals surface area contributed by atoms with Gasteiger partial charge in [-0.3, -0.25) is 4.90 Å². The van der Waals surface area contributed by atoms with Crippen molar-refractivity contribution in [1.82, 2.24) is 4.90 Å². The third-order valence-corrected chi connectivity index (χ3v) is 3.25. The third kappa shape index (κ3) is 3.86. The van der Waals surface area contributed by atoms with Gasteiger partial charge in [0.15, 0.2) is 0 Å². The Morgan fingerprint density at radius 2 is 2.06 bits per heavy atom. The molecule has 1 aliphatic rings. The molecule has 0 saturated carbocycles. The second-order valence-electron chi connectivity index (χ2n) is 4.81. The minimum Gasteiger partial charge on any atom is -0.492 e. The first-order valence-electron chi connectivity index (χ1n) is 6.58. The van der Waals surface area contributed by atoms with Crippen molar-refractivity contribution in [2.45, 2.75) is 19.9 Å². The first-order valence-corrected chi connectivity index (χ1v) is 6.58. The SMILES string of the molecule is CC1=CCCN(CCOc2ccc(CN)cc2)C1. The summed E-state index contributed by atoms with van der Waals surface area (Å²) < 4.78 is 5.74. The van der Waals surface area contributed by atoms with Crippen molar-refractivity contribution in [2.75, 3.05) is 26.2 Å². The van der Waals surface area contributed by atoms with Crippen LogP contribution >= 0.6 is 0 Å². The molecule has 0 spiro atoms. The molecule has 2 rings (SSSR count). The minimum atomic E-state index is 0.583. The molecule has 1 aromatic rings. The average molecular weight is 246 g/mol. The molecule has 3 heteroatoms. The summed E-state index contributed by atoms with van der Waals surface area (Å²) in [6.45, 7) is 6.74. The lowest BCUT2D eigenvalue weighted by Gasteiger charge is -2.25. The highest BCUT2D eigenvalue weighted by Crippen LogP contribution is 2.12. The zero-order chi connectivity index (χ0) is 12.8. The first-order chi connectivity index (χ1) is 8.78. The Morgan fingerprint density at radius 3 is 2.72 bits per heavy atom. The summed E-state index contributed by atoms with van der Waals surface area (Å²) in [4.78, 5) is 2.43. The maximum atomic E-state index is 5.74. The molecule has 3 nitrogen and oxygen atoms in total.